The summed E-state index contributed by atoms with van der Waals surface area (Å²) in [6.07, 6.45) is 1.52. The van der Waals surface area contributed by atoms with Gasteiger partial charge in [-0.1, -0.05) is 35.9 Å². The number of esters is 1. The van der Waals surface area contributed by atoms with Gasteiger partial charge in [0.05, 0.1) is 12.1 Å². The lowest BCUT2D eigenvalue weighted by Crippen LogP contribution is -2.48. The molecule has 1 atom stereocenters. The molecule has 1 spiro atoms. The third kappa shape index (κ3) is 2.38. The first-order valence-electron chi connectivity index (χ1n) is 7.97. The first-order valence-corrected chi connectivity index (χ1v) is 8.35. The van der Waals surface area contributed by atoms with E-state index in [0.717, 1.165) is 18.4 Å². The van der Waals surface area contributed by atoms with Crippen LogP contribution in [-0.4, -0.2) is 29.9 Å². The molecule has 2 aromatic rings. The Morgan fingerprint density at radius 2 is 2.00 bits per heavy atom. The minimum atomic E-state index is -0.722. The van der Waals surface area contributed by atoms with Crippen LogP contribution in [0.2, 0.25) is 5.02 Å². The van der Waals surface area contributed by atoms with Gasteiger partial charge >= 0.3 is 5.97 Å². The van der Waals surface area contributed by atoms with Crippen molar-refractivity contribution in [1.82, 2.24) is 4.90 Å². The quantitative estimate of drug-likeness (QED) is 0.744. The second-order valence-electron chi connectivity index (χ2n) is 6.27. The highest BCUT2D eigenvalue weighted by Gasteiger charge is 2.48. The molecule has 0 bridgehead atoms. The van der Waals surface area contributed by atoms with Crippen molar-refractivity contribution in [3.63, 3.8) is 0 Å². The lowest BCUT2D eigenvalue weighted by atomic mass is 9.85. The normalized spacial score (nSPS) is 22.4. The van der Waals surface area contributed by atoms with E-state index < -0.39 is 5.60 Å². The van der Waals surface area contributed by atoms with Gasteiger partial charge in [0, 0.05) is 22.7 Å². The molecule has 2 aliphatic heterocycles. The molecule has 0 N–H and O–H groups in total. The number of nitrogens with zero attached hydrogens (tertiary/aromatic N) is 1. The highest BCUT2D eigenvalue weighted by Crippen LogP contribution is 2.43. The lowest BCUT2D eigenvalue weighted by Gasteiger charge is -2.39. The summed E-state index contributed by atoms with van der Waals surface area (Å²) in [5.74, 6) is -0.389. The highest BCUT2D eigenvalue weighted by atomic mass is 35.5. The van der Waals surface area contributed by atoms with Crippen LogP contribution in [-0.2, 0) is 10.3 Å². The summed E-state index contributed by atoms with van der Waals surface area (Å²) in [4.78, 5) is 26.8. The van der Waals surface area contributed by atoms with Crippen molar-refractivity contribution < 1.29 is 14.3 Å². The van der Waals surface area contributed by atoms with E-state index in [1.165, 1.54) is 0 Å². The summed E-state index contributed by atoms with van der Waals surface area (Å²) in [5.41, 5.74) is 1.32. The number of fused-ring (bicyclic) bond motifs is 2. The van der Waals surface area contributed by atoms with Crippen LogP contribution in [0.15, 0.2) is 48.5 Å². The van der Waals surface area contributed by atoms with E-state index in [0.29, 0.717) is 29.2 Å². The van der Waals surface area contributed by atoms with Gasteiger partial charge in [-0.05, 0) is 37.1 Å². The monoisotopic (exact) mass is 341 g/mol. The molecule has 0 saturated carbocycles. The van der Waals surface area contributed by atoms with E-state index in [1.807, 2.05) is 18.2 Å². The Morgan fingerprint density at radius 1 is 1.17 bits per heavy atom. The first-order chi connectivity index (χ1) is 11.6. The Kier molecular flexibility index (Phi) is 3.57. The number of piperidine rings is 1. The molecule has 1 unspecified atom stereocenters. The zero-order chi connectivity index (χ0) is 16.7. The van der Waals surface area contributed by atoms with E-state index in [1.54, 1.807) is 35.2 Å². The molecule has 0 aromatic heterocycles. The van der Waals surface area contributed by atoms with Gasteiger partial charge in [-0.3, -0.25) is 4.79 Å². The minimum Gasteiger partial charge on any atom is -0.449 e. The number of ether oxygens (including phenoxy) is 1. The third-order valence-corrected chi connectivity index (χ3v) is 4.97. The molecule has 1 fully saturated rings. The van der Waals surface area contributed by atoms with Crippen LogP contribution >= 0.6 is 11.6 Å². The van der Waals surface area contributed by atoms with E-state index in [4.69, 9.17) is 16.3 Å². The van der Waals surface area contributed by atoms with E-state index in [-0.39, 0.29) is 11.9 Å². The van der Waals surface area contributed by atoms with Crippen molar-refractivity contribution >= 4 is 23.5 Å². The zero-order valence-electron chi connectivity index (χ0n) is 13.0. The van der Waals surface area contributed by atoms with Crippen LogP contribution in [0.3, 0.4) is 0 Å². The van der Waals surface area contributed by atoms with Gasteiger partial charge in [-0.2, -0.15) is 0 Å². The summed E-state index contributed by atoms with van der Waals surface area (Å²) < 4.78 is 5.74. The van der Waals surface area contributed by atoms with Crippen LogP contribution in [0.4, 0.5) is 0 Å². The molecule has 0 aliphatic carbocycles. The molecule has 4 nitrogen and oxygen atoms in total. The summed E-state index contributed by atoms with van der Waals surface area (Å²) in [6, 6.07) is 14.4. The van der Waals surface area contributed by atoms with Gasteiger partial charge in [0.15, 0.2) is 5.60 Å². The van der Waals surface area contributed by atoms with Crippen LogP contribution in [0.5, 0.6) is 0 Å². The molecule has 2 aliphatic rings. The van der Waals surface area contributed by atoms with Crippen molar-refractivity contribution in [3.8, 4) is 0 Å². The van der Waals surface area contributed by atoms with Gasteiger partial charge in [0.1, 0.15) is 0 Å². The van der Waals surface area contributed by atoms with E-state index >= 15 is 0 Å². The minimum absolute atomic E-state index is 0.0861. The highest BCUT2D eigenvalue weighted by molar-refractivity contribution is 6.30. The first kappa shape index (κ1) is 15.2. The maximum absolute atomic E-state index is 12.8. The average Bonchev–Trinajstić information content (AvgIpc) is 2.86. The largest absolute Gasteiger partial charge is 0.449 e. The Hall–Kier alpha value is -2.33. The predicted octanol–water partition coefficient (Wildman–Crippen LogP) is 3.64. The summed E-state index contributed by atoms with van der Waals surface area (Å²) in [6.45, 7) is 1.02. The van der Waals surface area contributed by atoms with Gasteiger partial charge in [0.25, 0.3) is 5.91 Å². The Labute approximate surface area is 145 Å². The molecule has 0 radical (unpaired) electrons. The van der Waals surface area contributed by atoms with Crippen LogP contribution in [0.1, 0.15) is 39.1 Å². The molecule has 2 heterocycles. The molecular weight excluding hydrogens is 326 g/mol. The maximum Gasteiger partial charge on any atom is 0.339 e. The topological polar surface area (TPSA) is 46.6 Å². The maximum atomic E-state index is 12.8. The molecule has 4 rings (SSSR count). The fourth-order valence-electron chi connectivity index (χ4n) is 3.65. The van der Waals surface area contributed by atoms with Crippen LogP contribution in [0.25, 0.3) is 0 Å². The van der Waals surface area contributed by atoms with E-state index in [9.17, 15) is 9.59 Å². The fraction of sp³-hybridized carbons (Fsp3) is 0.263. The third-order valence-electron chi connectivity index (χ3n) is 4.74. The zero-order valence-corrected chi connectivity index (χ0v) is 13.8. The number of likely N-dealkylation sites (tertiary alicyclic amines) is 1. The van der Waals surface area contributed by atoms with Gasteiger partial charge < -0.3 is 9.64 Å². The fourth-order valence-corrected chi connectivity index (χ4v) is 3.84. The van der Waals surface area contributed by atoms with Crippen LogP contribution in [0, 0.1) is 0 Å². The summed E-state index contributed by atoms with van der Waals surface area (Å²) >= 11 is 5.99. The Balaban J connectivity index is 1.65. The Bertz CT molecular complexity index is 835. The molecule has 1 saturated heterocycles. The van der Waals surface area contributed by atoms with Gasteiger partial charge in [-0.15, -0.1) is 0 Å². The number of halogens is 1. The molecule has 122 valence electrons. The standard InChI is InChI=1S/C19H16ClNO3/c20-14-6-3-5-13(11-14)17(22)21-10-4-9-19(12-21)16-8-2-1-7-15(16)18(23)24-19/h1-3,5-8,11H,4,9-10,12H2. The molecule has 2 aromatic carbocycles. The van der Waals surface area contributed by atoms with Crippen molar-refractivity contribution in [3.05, 3.63) is 70.2 Å². The second-order valence-corrected chi connectivity index (χ2v) is 6.71. The molecular formula is C19H16ClNO3. The van der Waals surface area contributed by atoms with Gasteiger partial charge in [-0.25, -0.2) is 4.79 Å². The van der Waals surface area contributed by atoms with E-state index in [2.05, 4.69) is 0 Å². The number of amides is 1. The predicted molar refractivity (Wildman–Crippen MR) is 90.1 cm³/mol. The Morgan fingerprint density at radius 3 is 2.83 bits per heavy atom. The number of rotatable bonds is 1. The van der Waals surface area contributed by atoms with Gasteiger partial charge in [0.2, 0.25) is 0 Å². The number of hydrogen-bond donors (Lipinski definition) is 0. The number of carbonyl (C=O) groups excluding carboxylic acids is 2. The lowest BCUT2D eigenvalue weighted by molar-refractivity contribution is -0.0442. The van der Waals surface area contributed by atoms with Crippen LogP contribution < -0.4 is 0 Å². The van der Waals surface area contributed by atoms with Crippen molar-refractivity contribution in [1.29, 1.82) is 0 Å². The average molecular weight is 342 g/mol. The molecule has 5 heteroatoms. The second kappa shape index (κ2) is 5.64. The summed E-state index contributed by atoms with van der Waals surface area (Å²) in [7, 11) is 0. The molecule has 24 heavy (non-hydrogen) atoms. The number of benzene rings is 2. The van der Waals surface area contributed by atoms with Crippen molar-refractivity contribution in [2.24, 2.45) is 0 Å². The summed E-state index contributed by atoms with van der Waals surface area (Å²) in [5, 5.41) is 0.533. The molecule has 1 amide bonds. The number of hydrogen-bond acceptors (Lipinski definition) is 3. The number of carbonyl (C=O) groups is 2. The van der Waals surface area contributed by atoms with Crippen molar-refractivity contribution in [2.45, 2.75) is 18.4 Å². The van der Waals surface area contributed by atoms with Crippen molar-refractivity contribution in [2.75, 3.05) is 13.1 Å². The smallest absolute Gasteiger partial charge is 0.339 e. The SMILES string of the molecule is O=C1OC2(CCCN(C(=O)c3cccc(Cl)c3)C2)c2ccccc21.